The van der Waals surface area contributed by atoms with Gasteiger partial charge in [-0.05, 0) is 37.3 Å². The first kappa shape index (κ1) is 13.7. The predicted octanol–water partition coefficient (Wildman–Crippen LogP) is 2.72. The van der Waals surface area contributed by atoms with Crippen LogP contribution >= 0.6 is 0 Å². The van der Waals surface area contributed by atoms with Crippen LogP contribution in [0.4, 0.5) is 5.69 Å². The van der Waals surface area contributed by atoms with Gasteiger partial charge >= 0.3 is 0 Å². The Hall–Kier alpha value is -1.71. The fraction of sp³-hybridized carbons (Fsp3) is 0.533. The van der Waals surface area contributed by atoms with Gasteiger partial charge in [-0.25, -0.2) is 0 Å². The van der Waals surface area contributed by atoms with Crippen LogP contribution in [0.3, 0.4) is 0 Å². The number of rotatable bonds is 4. The van der Waals surface area contributed by atoms with Gasteiger partial charge in [0.1, 0.15) is 0 Å². The standard InChI is InChI=1S/C15H22N2O2/c1-2-10-5-3-6-11(9-10)19-14-12(15(17)18)7-4-8-13(14)16/h4,7-8,10-11H,2-3,5-6,9,16H2,1H3,(H2,17,18). The average Bonchev–Trinajstić information content (AvgIpc) is 2.41. The molecule has 19 heavy (non-hydrogen) atoms. The summed E-state index contributed by atoms with van der Waals surface area (Å²) in [5.74, 6) is 0.669. The molecule has 104 valence electrons. The van der Waals surface area contributed by atoms with Crippen molar-refractivity contribution < 1.29 is 9.53 Å². The summed E-state index contributed by atoms with van der Waals surface area (Å²) < 4.78 is 5.98. The van der Waals surface area contributed by atoms with Gasteiger partial charge in [0.05, 0.1) is 17.4 Å². The van der Waals surface area contributed by atoms with E-state index in [4.69, 9.17) is 16.2 Å². The Morgan fingerprint density at radius 1 is 1.42 bits per heavy atom. The van der Waals surface area contributed by atoms with Crippen molar-refractivity contribution in [2.24, 2.45) is 11.7 Å². The first-order chi connectivity index (χ1) is 9.11. The molecule has 1 aliphatic carbocycles. The lowest BCUT2D eigenvalue weighted by Crippen LogP contribution is -2.26. The highest BCUT2D eigenvalue weighted by Gasteiger charge is 2.24. The van der Waals surface area contributed by atoms with E-state index in [9.17, 15) is 4.79 Å². The van der Waals surface area contributed by atoms with E-state index in [1.54, 1.807) is 18.2 Å². The number of benzene rings is 1. The summed E-state index contributed by atoms with van der Waals surface area (Å²) in [6.45, 7) is 2.21. The number of amides is 1. The molecule has 4 N–H and O–H groups in total. The normalized spacial score (nSPS) is 23.0. The molecule has 0 saturated heterocycles. The highest BCUT2D eigenvalue weighted by atomic mass is 16.5. The smallest absolute Gasteiger partial charge is 0.252 e. The number of hydrogen-bond donors (Lipinski definition) is 2. The van der Waals surface area contributed by atoms with E-state index in [0.29, 0.717) is 22.9 Å². The van der Waals surface area contributed by atoms with Crippen LogP contribution in [-0.4, -0.2) is 12.0 Å². The molecule has 2 rings (SSSR count). The first-order valence-electron chi connectivity index (χ1n) is 6.96. The van der Waals surface area contributed by atoms with Crippen LogP contribution in [0.25, 0.3) is 0 Å². The maximum absolute atomic E-state index is 11.4. The van der Waals surface area contributed by atoms with Gasteiger partial charge in [-0.1, -0.05) is 25.8 Å². The summed E-state index contributed by atoms with van der Waals surface area (Å²) in [7, 11) is 0. The summed E-state index contributed by atoms with van der Waals surface area (Å²) >= 11 is 0. The summed E-state index contributed by atoms with van der Waals surface area (Å²) in [6, 6.07) is 5.12. The van der Waals surface area contributed by atoms with Gasteiger partial charge in [-0.3, -0.25) is 4.79 Å². The average molecular weight is 262 g/mol. The van der Waals surface area contributed by atoms with Gasteiger partial charge in [-0.15, -0.1) is 0 Å². The van der Waals surface area contributed by atoms with Crippen LogP contribution in [-0.2, 0) is 0 Å². The molecule has 2 unspecified atom stereocenters. The Bertz CT molecular complexity index is 459. The molecule has 1 amide bonds. The molecule has 1 aromatic rings. The maximum Gasteiger partial charge on any atom is 0.252 e. The zero-order chi connectivity index (χ0) is 13.8. The van der Waals surface area contributed by atoms with Gasteiger partial charge in [0.15, 0.2) is 5.75 Å². The molecule has 0 heterocycles. The third-order valence-corrected chi connectivity index (χ3v) is 3.91. The molecule has 1 fully saturated rings. The number of carbonyl (C=O) groups excluding carboxylic acids is 1. The Kier molecular flexibility index (Phi) is 4.30. The van der Waals surface area contributed by atoms with Crippen LogP contribution in [0.1, 0.15) is 49.4 Å². The second kappa shape index (κ2) is 5.95. The lowest BCUT2D eigenvalue weighted by atomic mass is 9.85. The summed E-state index contributed by atoms with van der Waals surface area (Å²) in [4.78, 5) is 11.4. The molecule has 0 spiro atoms. The van der Waals surface area contributed by atoms with E-state index in [-0.39, 0.29) is 6.10 Å². The quantitative estimate of drug-likeness (QED) is 0.819. The number of para-hydroxylation sites is 1. The molecule has 0 radical (unpaired) electrons. The van der Waals surface area contributed by atoms with E-state index < -0.39 is 5.91 Å². The van der Waals surface area contributed by atoms with E-state index in [1.165, 1.54) is 19.3 Å². The second-order valence-electron chi connectivity index (χ2n) is 5.27. The SMILES string of the molecule is CCC1CCCC(Oc2c(N)cccc2C(N)=O)C1. The van der Waals surface area contributed by atoms with Crippen LogP contribution in [0.2, 0.25) is 0 Å². The zero-order valence-corrected chi connectivity index (χ0v) is 11.4. The summed E-state index contributed by atoms with van der Waals surface area (Å²) in [5.41, 5.74) is 12.1. The predicted molar refractivity (Wildman–Crippen MR) is 76.0 cm³/mol. The minimum absolute atomic E-state index is 0.140. The van der Waals surface area contributed by atoms with Crippen molar-refractivity contribution in [2.45, 2.75) is 45.1 Å². The Labute approximate surface area is 114 Å². The molecular weight excluding hydrogens is 240 g/mol. The van der Waals surface area contributed by atoms with Gasteiger partial charge in [0, 0.05) is 0 Å². The van der Waals surface area contributed by atoms with Crippen molar-refractivity contribution in [3.8, 4) is 5.75 Å². The van der Waals surface area contributed by atoms with Crippen molar-refractivity contribution in [1.82, 2.24) is 0 Å². The van der Waals surface area contributed by atoms with Crippen molar-refractivity contribution in [2.75, 3.05) is 5.73 Å². The number of primary amides is 1. The van der Waals surface area contributed by atoms with E-state index in [2.05, 4.69) is 6.92 Å². The highest BCUT2D eigenvalue weighted by molar-refractivity contribution is 5.97. The van der Waals surface area contributed by atoms with E-state index in [1.807, 2.05) is 0 Å². The maximum atomic E-state index is 11.4. The Balaban J connectivity index is 2.16. The molecule has 2 atom stereocenters. The van der Waals surface area contributed by atoms with E-state index in [0.717, 1.165) is 12.8 Å². The second-order valence-corrected chi connectivity index (χ2v) is 5.27. The molecule has 4 nitrogen and oxygen atoms in total. The summed E-state index contributed by atoms with van der Waals surface area (Å²) in [6.07, 6.45) is 5.80. The van der Waals surface area contributed by atoms with Crippen molar-refractivity contribution in [3.05, 3.63) is 23.8 Å². The largest absolute Gasteiger partial charge is 0.487 e. The van der Waals surface area contributed by atoms with Crippen LogP contribution in [0.5, 0.6) is 5.75 Å². The van der Waals surface area contributed by atoms with Crippen molar-refractivity contribution >= 4 is 11.6 Å². The minimum atomic E-state index is -0.495. The highest BCUT2D eigenvalue weighted by Crippen LogP contribution is 2.33. The molecule has 4 heteroatoms. The monoisotopic (exact) mass is 262 g/mol. The van der Waals surface area contributed by atoms with Gasteiger partial charge in [0.2, 0.25) is 0 Å². The lowest BCUT2D eigenvalue weighted by Gasteiger charge is -2.29. The number of nitrogens with two attached hydrogens (primary N) is 2. The molecule has 1 aliphatic rings. The Morgan fingerprint density at radius 3 is 2.89 bits per heavy atom. The Morgan fingerprint density at radius 2 is 2.21 bits per heavy atom. The number of ether oxygens (including phenoxy) is 1. The number of anilines is 1. The fourth-order valence-corrected chi connectivity index (χ4v) is 2.77. The lowest BCUT2D eigenvalue weighted by molar-refractivity contribution is 0.0977. The van der Waals surface area contributed by atoms with Crippen LogP contribution in [0.15, 0.2) is 18.2 Å². The van der Waals surface area contributed by atoms with Crippen LogP contribution in [0, 0.1) is 5.92 Å². The topological polar surface area (TPSA) is 78.3 Å². The van der Waals surface area contributed by atoms with Crippen molar-refractivity contribution in [3.63, 3.8) is 0 Å². The third-order valence-electron chi connectivity index (χ3n) is 3.91. The number of nitrogen functional groups attached to an aromatic ring is 1. The molecule has 1 aromatic carbocycles. The number of hydrogen-bond acceptors (Lipinski definition) is 3. The van der Waals surface area contributed by atoms with Gasteiger partial charge < -0.3 is 16.2 Å². The first-order valence-corrected chi connectivity index (χ1v) is 6.96. The zero-order valence-electron chi connectivity index (χ0n) is 11.4. The minimum Gasteiger partial charge on any atom is -0.487 e. The van der Waals surface area contributed by atoms with E-state index >= 15 is 0 Å². The third kappa shape index (κ3) is 3.19. The number of carbonyl (C=O) groups is 1. The van der Waals surface area contributed by atoms with Gasteiger partial charge in [-0.2, -0.15) is 0 Å². The summed E-state index contributed by atoms with van der Waals surface area (Å²) in [5, 5.41) is 0. The van der Waals surface area contributed by atoms with Crippen molar-refractivity contribution in [1.29, 1.82) is 0 Å². The molecule has 0 bridgehead atoms. The van der Waals surface area contributed by atoms with Gasteiger partial charge in [0.25, 0.3) is 5.91 Å². The molecule has 0 aliphatic heterocycles. The van der Waals surface area contributed by atoms with Crippen LogP contribution < -0.4 is 16.2 Å². The molecule has 0 aromatic heterocycles. The molecule has 1 saturated carbocycles. The fourth-order valence-electron chi connectivity index (χ4n) is 2.77. The molecular formula is C15H22N2O2.